The number of carboxylic acids is 1. The van der Waals surface area contributed by atoms with Crippen molar-refractivity contribution in [1.82, 2.24) is 10.2 Å². The predicted molar refractivity (Wildman–Crippen MR) is 155 cm³/mol. The summed E-state index contributed by atoms with van der Waals surface area (Å²) in [6, 6.07) is 13.8. The predicted octanol–water partition coefficient (Wildman–Crippen LogP) is 6.86. The van der Waals surface area contributed by atoms with Crippen LogP contribution >= 0.6 is 11.6 Å². The third kappa shape index (κ3) is 6.60. The van der Waals surface area contributed by atoms with E-state index in [1.165, 1.54) is 0 Å². The Morgan fingerprint density at radius 1 is 1.08 bits per heavy atom. The van der Waals surface area contributed by atoms with Gasteiger partial charge in [-0.2, -0.15) is 0 Å². The van der Waals surface area contributed by atoms with Gasteiger partial charge in [-0.15, -0.1) is 0 Å². The molecule has 0 unspecified atom stereocenters. The molecule has 1 aliphatic heterocycles. The van der Waals surface area contributed by atoms with Gasteiger partial charge in [0.25, 0.3) is 0 Å². The van der Waals surface area contributed by atoms with E-state index in [9.17, 15) is 14.7 Å². The normalized spacial score (nSPS) is 24.2. The largest absolute Gasteiger partial charge is 0.491 e. The van der Waals surface area contributed by atoms with Crippen LogP contribution in [-0.4, -0.2) is 40.1 Å². The molecule has 2 aliphatic rings. The highest BCUT2D eigenvalue weighted by Crippen LogP contribution is 2.49. The zero-order chi connectivity index (χ0) is 28.3. The first-order valence-electron chi connectivity index (χ1n) is 14.3. The number of benzene rings is 2. The lowest BCUT2D eigenvalue weighted by Gasteiger charge is -2.36. The number of likely N-dealkylation sites (tertiary alicyclic amines) is 1. The molecule has 0 radical (unpaired) electrons. The minimum absolute atomic E-state index is 0.00389. The van der Waals surface area contributed by atoms with Gasteiger partial charge < -0.3 is 20.1 Å². The average Bonchev–Trinajstić information content (AvgIpc) is 3.25. The lowest BCUT2D eigenvalue weighted by atomic mass is 9.72. The summed E-state index contributed by atoms with van der Waals surface area (Å²) < 4.78 is 6.06. The first-order valence-corrected chi connectivity index (χ1v) is 14.6. The summed E-state index contributed by atoms with van der Waals surface area (Å²) in [4.78, 5) is 28.9. The average molecular weight is 555 g/mol. The molecule has 1 saturated carbocycles. The highest BCUT2D eigenvalue weighted by Gasteiger charge is 2.58. The maximum absolute atomic E-state index is 14.2. The number of amides is 1. The van der Waals surface area contributed by atoms with E-state index >= 15 is 0 Å². The summed E-state index contributed by atoms with van der Waals surface area (Å²) in [5, 5.41) is 15.0. The molecule has 1 saturated heterocycles. The van der Waals surface area contributed by atoms with Crippen LogP contribution in [0, 0.1) is 17.3 Å². The maximum Gasteiger partial charge on any atom is 0.326 e. The van der Waals surface area contributed by atoms with Gasteiger partial charge in [0, 0.05) is 35.0 Å². The number of hydrogen-bond acceptors (Lipinski definition) is 4. The van der Waals surface area contributed by atoms with E-state index in [1.807, 2.05) is 62.4 Å². The Hall–Kier alpha value is -2.57. The van der Waals surface area contributed by atoms with Crippen LogP contribution in [0.4, 0.5) is 0 Å². The summed E-state index contributed by atoms with van der Waals surface area (Å²) in [5.41, 5.74) is 1.46. The molecule has 39 heavy (non-hydrogen) atoms. The number of hydrogen-bond donors (Lipinski definition) is 2. The molecular weight excluding hydrogens is 512 g/mol. The molecule has 0 aromatic heterocycles. The Morgan fingerprint density at radius 3 is 2.33 bits per heavy atom. The van der Waals surface area contributed by atoms with Crippen molar-refractivity contribution in [2.24, 2.45) is 17.3 Å². The quantitative estimate of drug-likeness (QED) is 0.372. The zero-order valence-electron chi connectivity index (χ0n) is 23.8. The Labute approximate surface area is 238 Å². The van der Waals surface area contributed by atoms with Crippen molar-refractivity contribution in [1.29, 1.82) is 0 Å². The Bertz CT molecular complexity index is 1140. The molecule has 4 rings (SSSR count). The number of carbonyl (C=O) groups excluding carboxylic acids is 1. The minimum atomic E-state index is -0.948. The number of halogens is 1. The molecule has 1 heterocycles. The van der Waals surface area contributed by atoms with Crippen LogP contribution < -0.4 is 10.1 Å². The third-order valence-corrected chi connectivity index (χ3v) is 8.42. The summed E-state index contributed by atoms with van der Waals surface area (Å²) >= 11 is 6.38. The van der Waals surface area contributed by atoms with Crippen molar-refractivity contribution in [3.8, 4) is 5.75 Å². The van der Waals surface area contributed by atoms with E-state index in [0.29, 0.717) is 11.6 Å². The summed E-state index contributed by atoms with van der Waals surface area (Å²) in [6.45, 7) is 10.6. The highest BCUT2D eigenvalue weighted by molar-refractivity contribution is 6.30. The van der Waals surface area contributed by atoms with E-state index < -0.39 is 18.1 Å². The van der Waals surface area contributed by atoms with Crippen molar-refractivity contribution in [2.75, 3.05) is 0 Å². The van der Waals surface area contributed by atoms with Gasteiger partial charge in [-0.3, -0.25) is 4.79 Å². The van der Waals surface area contributed by atoms with Gasteiger partial charge in [0.05, 0.1) is 12.1 Å². The standard InChI is InChI=1S/C32H43ClN2O4/c1-20(2)39-25-17-16-24(33)18-23(25)19-34-27-26(32(3,4)5)29(31(37)38)35(28(27)21-12-8-6-9-13-21)30(36)22-14-10-7-11-15-22/h6,8-9,12-13,16-18,20,22,26-29,34H,7,10-11,14-15,19H2,1-5H3,(H,37,38)/t26-,27-,28-,29-/m0/s1. The van der Waals surface area contributed by atoms with Crippen LogP contribution in [0.15, 0.2) is 48.5 Å². The van der Waals surface area contributed by atoms with Gasteiger partial charge in [0.2, 0.25) is 5.91 Å². The van der Waals surface area contributed by atoms with Gasteiger partial charge in [-0.25, -0.2) is 4.79 Å². The first-order chi connectivity index (χ1) is 18.5. The Kier molecular flexibility index (Phi) is 9.28. The topological polar surface area (TPSA) is 78.9 Å². The highest BCUT2D eigenvalue weighted by atomic mass is 35.5. The molecular formula is C32H43ClN2O4. The molecule has 0 bridgehead atoms. The summed E-state index contributed by atoms with van der Waals surface area (Å²) in [5.74, 6) is -0.697. The number of carbonyl (C=O) groups is 2. The van der Waals surface area contributed by atoms with Crippen molar-refractivity contribution >= 4 is 23.5 Å². The fourth-order valence-corrected chi connectivity index (χ4v) is 6.77. The van der Waals surface area contributed by atoms with Crippen LogP contribution in [0.3, 0.4) is 0 Å². The van der Waals surface area contributed by atoms with Crippen LogP contribution in [0.25, 0.3) is 0 Å². The Morgan fingerprint density at radius 2 is 1.74 bits per heavy atom. The van der Waals surface area contributed by atoms with E-state index in [4.69, 9.17) is 16.3 Å². The molecule has 2 N–H and O–H groups in total. The van der Waals surface area contributed by atoms with Gasteiger partial charge in [0.15, 0.2) is 0 Å². The number of aliphatic carboxylic acids is 1. The molecule has 0 spiro atoms. The van der Waals surface area contributed by atoms with Crippen LogP contribution in [0.5, 0.6) is 5.75 Å². The second-order valence-corrected chi connectivity index (χ2v) is 12.9. The molecule has 1 amide bonds. The number of ether oxygens (including phenoxy) is 1. The summed E-state index contributed by atoms with van der Waals surface area (Å²) in [6.07, 6.45) is 4.78. The van der Waals surface area contributed by atoms with Crippen LogP contribution in [-0.2, 0) is 16.1 Å². The molecule has 1 aliphatic carbocycles. The van der Waals surface area contributed by atoms with Gasteiger partial charge in [-0.1, -0.05) is 82.0 Å². The third-order valence-electron chi connectivity index (χ3n) is 8.18. The van der Waals surface area contributed by atoms with Gasteiger partial charge >= 0.3 is 5.97 Å². The lowest BCUT2D eigenvalue weighted by Crippen LogP contribution is -2.49. The van der Waals surface area contributed by atoms with E-state index in [0.717, 1.165) is 49.0 Å². The summed E-state index contributed by atoms with van der Waals surface area (Å²) in [7, 11) is 0. The molecule has 4 atom stereocenters. The Balaban J connectivity index is 1.79. The van der Waals surface area contributed by atoms with E-state index in [-0.39, 0.29) is 35.3 Å². The second-order valence-electron chi connectivity index (χ2n) is 12.4. The molecule has 2 fully saturated rings. The fraction of sp³-hybridized carbons (Fsp3) is 0.562. The molecule has 6 nitrogen and oxygen atoms in total. The number of nitrogens with one attached hydrogen (secondary N) is 1. The van der Waals surface area contributed by atoms with Crippen LogP contribution in [0.2, 0.25) is 5.02 Å². The second kappa shape index (κ2) is 12.3. The number of nitrogens with zero attached hydrogens (tertiary/aromatic N) is 1. The molecule has 212 valence electrons. The van der Waals surface area contributed by atoms with Crippen molar-refractivity contribution in [2.45, 2.75) is 97.5 Å². The fourth-order valence-electron chi connectivity index (χ4n) is 6.57. The van der Waals surface area contributed by atoms with Crippen LogP contribution in [0.1, 0.15) is 83.9 Å². The first kappa shape index (κ1) is 29.4. The van der Waals surface area contributed by atoms with E-state index in [2.05, 4.69) is 26.1 Å². The van der Waals surface area contributed by atoms with Crippen molar-refractivity contribution < 1.29 is 19.4 Å². The number of carboxylic acid groups (broad SMARTS) is 1. The molecule has 2 aromatic carbocycles. The number of rotatable bonds is 8. The maximum atomic E-state index is 14.2. The molecule has 7 heteroatoms. The molecule has 2 aromatic rings. The van der Waals surface area contributed by atoms with Gasteiger partial charge in [0.1, 0.15) is 11.8 Å². The van der Waals surface area contributed by atoms with Crippen molar-refractivity contribution in [3.63, 3.8) is 0 Å². The smallest absolute Gasteiger partial charge is 0.326 e. The van der Waals surface area contributed by atoms with Crippen molar-refractivity contribution in [3.05, 3.63) is 64.7 Å². The minimum Gasteiger partial charge on any atom is -0.491 e. The zero-order valence-corrected chi connectivity index (χ0v) is 24.6. The monoisotopic (exact) mass is 554 g/mol. The van der Waals surface area contributed by atoms with E-state index in [1.54, 1.807) is 4.90 Å². The lowest BCUT2D eigenvalue weighted by molar-refractivity contribution is -0.154. The SMILES string of the molecule is CC(C)Oc1ccc(Cl)cc1CN[C@H]1[C@H](C(C)(C)C)[C@@H](C(=O)O)N(C(=O)C2CCCCC2)[C@H]1c1ccccc1. The van der Waals surface area contributed by atoms with Gasteiger partial charge in [-0.05, 0) is 55.9 Å².